The molecule has 0 radical (unpaired) electrons. The number of benzene rings is 1. The predicted molar refractivity (Wildman–Crippen MR) is 111 cm³/mol. The lowest BCUT2D eigenvalue weighted by Crippen LogP contribution is -2.57. The smallest absolute Gasteiger partial charge is 0.303 e. The monoisotopic (exact) mass is 403 g/mol. The van der Waals surface area contributed by atoms with E-state index in [9.17, 15) is 14.7 Å². The Morgan fingerprint density at radius 3 is 2.55 bits per heavy atom. The Labute approximate surface area is 173 Å². The number of rotatable bonds is 7. The van der Waals surface area contributed by atoms with Gasteiger partial charge in [-0.3, -0.25) is 14.5 Å². The molecule has 7 heteroatoms. The molecule has 1 aromatic carbocycles. The number of piperidine rings is 1. The Morgan fingerprint density at radius 1 is 1.14 bits per heavy atom. The van der Waals surface area contributed by atoms with Crippen molar-refractivity contribution in [3.8, 4) is 5.75 Å². The number of carboxylic acid groups (broad SMARTS) is 1. The Hall–Kier alpha value is -2.12. The van der Waals surface area contributed by atoms with E-state index in [1.165, 1.54) is 0 Å². The minimum atomic E-state index is -0.771. The molecular weight excluding hydrogens is 370 g/mol. The van der Waals surface area contributed by atoms with Crippen LogP contribution in [0.2, 0.25) is 0 Å². The second-order valence-electron chi connectivity index (χ2n) is 8.07. The Bertz CT molecular complexity index is 703. The van der Waals surface area contributed by atoms with Crippen LogP contribution in [0.15, 0.2) is 24.3 Å². The lowest BCUT2D eigenvalue weighted by molar-refractivity contribution is -0.137. The molecule has 1 N–H and O–H groups in total. The highest BCUT2D eigenvalue weighted by atomic mass is 16.5. The van der Waals surface area contributed by atoms with Gasteiger partial charge in [0, 0.05) is 51.7 Å². The molecule has 1 aromatic rings. The highest BCUT2D eigenvalue weighted by molar-refractivity contribution is 5.97. The normalized spacial score (nSPS) is 23.7. The number of hydrogen-bond acceptors (Lipinski definition) is 5. The first-order valence-corrected chi connectivity index (χ1v) is 10.6. The largest absolute Gasteiger partial charge is 0.493 e. The molecule has 2 aliphatic heterocycles. The van der Waals surface area contributed by atoms with Crippen molar-refractivity contribution in [2.45, 2.75) is 32.2 Å². The van der Waals surface area contributed by atoms with Gasteiger partial charge in [0.05, 0.1) is 12.2 Å². The molecule has 0 aliphatic carbocycles. The number of amides is 1. The maximum absolute atomic E-state index is 13.2. The van der Waals surface area contributed by atoms with Crippen LogP contribution in [0.4, 0.5) is 0 Å². The summed E-state index contributed by atoms with van der Waals surface area (Å²) in [5, 5.41) is 9.21. The van der Waals surface area contributed by atoms with E-state index >= 15 is 0 Å². The van der Waals surface area contributed by atoms with Crippen LogP contribution in [-0.4, -0.2) is 90.6 Å². The van der Waals surface area contributed by atoms with Crippen molar-refractivity contribution in [2.75, 3.05) is 52.9 Å². The van der Waals surface area contributed by atoms with E-state index < -0.39 is 5.97 Å². The summed E-state index contributed by atoms with van der Waals surface area (Å²) in [4.78, 5) is 31.1. The molecule has 0 saturated carbocycles. The van der Waals surface area contributed by atoms with Crippen LogP contribution >= 0.6 is 0 Å². The third-order valence-corrected chi connectivity index (χ3v) is 6.13. The summed E-state index contributed by atoms with van der Waals surface area (Å²) >= 11 is 0. The second-order valence-corrected chi connectivity index (χ2v) is 8.07. The lowest BCUT2D eigenvalue weighted by atomic mass is 9.86. The van der Waals surface area contributed by atoms with Crippen molar-refractivity contribution >= 4 is 11.9 Å². The van der Waals surface area contributed by atoms with Crippen LogP contribution in [-0.2, 0) is 4.79 Å². The number of piperazine rings is 1. The van der Waals surface area contributed by atoms with E-state index in [4.69, 9.17) is 4.74 Å². The Kier molecular flexibility index (Phi) is 7.50. The average molecular weight is 404 g/mol. The third-order valence-electron chi connectivity index (χ3n) is 6.13. The molecule has 2 aliphatic rings. The molecule has 7 nitrogen and oxygen atoms in total. The van der Waals surface area contributed by atoms with Crippen molar-refractivity contribution in [3.63, 3.8) is 0 Å². The van der Waals surface area contributed by atoms with Gasteiger partial charge in [-0.05, 0) is 44.9 Å². The van der Waals surface area contributed by atoms with Crippen LogP contribution in [0.3, 0.4) is 0 Å². The molecule has 0 spiro atoms. The van der Waals surface area contributed by atoms with Crippen LogP contribution < -0.4 is 4.74 Å². The van der Waals surface area contributed by atoms with Gasteiger partial charge in [-0.15, -0.1) is 0 Å². The summed E-state index contributed by atoms with van der Waals surface area (Å²) in [6, 6.07) is 7.71. The van der Waals surface area contributed by atoms with Crippen LogP contribution in [0.5, 0.6) is 5.75 Å². The molecule has 1 amide bonds. The van der Waals surface area contributed by atoms with E-state index in [0.29, 0.717) is 43.5 Å². The number of hydrogen-bond donors (Lipinski definition) is 1. The molecular formula is C22H33N3O4. The van der Waals surface area contributed by atoms with Crippen LogP contribution in [0.25, 0.3) is 0 Å². The Morgan fingerprint density at radius 2 is 1.86 bits per heavy atom. The van der Waals surface area contributed by atoms with Gasteiger partial charge in [0.2, 0.25) is 0 Å². The van der Waals surface area contributed by atoms with Gasteiger partial charge >= 0.3 is 5.97 Å². The first-order valence-electron chi connectivity index (χ1n) is 10.6. The number of likely N-dealkylation sites (N-methyl/N-ethyl adjacent to an activating group) is 1. The highest BCUT2D eigenvalue weighted by Gasteiger charge is 2.36. The number of carbonyl (C=O) groups is 2. The number of likely N-dealkylation sites (tertiary alicyclic amines) is 1. The minimum absolute atomic E-state index is 0.0220. The summed E-state index contributed by atoms with van der Waals surface area (Å²) in [5.41, 5.74) is 0.587. The van der Waals surface area contributed by atoms with Gasteiger partial charge in [0.25, 0.3) is 5.91 Å². The molecule has 2 atom stereocenters. The van der Waals surface area contributed by atoms with Gasteiger partial charge < -0.3 is 19.6 Å². The number of nitrogens with zero attached hydrogens (tertiary/aromatic N) is 3. The molecule has 2 fully saturated rings. The quantitative estimate of drug-likeness (QED) is 0.751. The van der Waals surface area contributed by atoms with Gasteiger partial charge in [-0.25, -0.2) is 0 Å². The van der Waals surface area contributed by atoms with Gasteiger partial charge in [-0.1, -0.05) is 12.1 Å². The fourth-order valence-electron chi connectivity index (χ4n) is 4.53. The maximum Gasteiger partial charge on any atom is 0.303 e. The Balaban J connectivity index is 1.72. The zero-order valence-electron chi connectivity index (χ0n) is 17.5. The summed E-state index contributed by atoms with van der Waals surface area (Å²) < 4.78 is 5.64. The molecule has 160 valence electrons. The number of carbonyl (C=O) groups excluding carboxylic acids is 1. The number of para-hydroxylation sites is 1. The summed E-state index contributed by atoms with van der Waals surface area (Å²) in [5.74, 6) is -0.00629. The predicted octanol–water partition coefficient (Wildman–Crippen LogP) is 2.03. The number of ether oxygens (including phenoxy) is 1. The van der Waals surface area contributed by atoms with Gasteiger partial charge in [0.15, 0.2) is 0 Å². The first-order chi connectivity index (χ1) is 14.0. The topological polar surface area (TPSA) is 73.3 Å². The van der Waals surface area contributed by atoms with Gasteiger partial charge in [0.1, 0.15) is 5.75 Å². The van der Waals surface area contributed by atoms with Crippen LogP contribution in [0.1, 0.15) is 36.5 Å². The molecule has 0 bridgehead atoms. The molecule has 0 aromatic heterocycles. The number of aliphatic carboxylic acids is 1. The van der Waals surface area contributed by atoms with E-state index in [0.717, 1.165) is 32.6 Å². The second kappa shape index (κ2) is 10.1. The zero-order chi connectivity index (χ0) is 20.8. The summed E-state index contributed by atoms with van der Waals surface area (Å²) in [6.45, 7) is 7.79. The first kappa shape index (κ1) is 21.6. The fraction of sp³-hybridized carbons (Fsp3) is 0.636. The van der Waals surface area contributed by atoms with Crippen molar-refractivity contribution in [2.24, 2.45) is 5.92 Å². The van der Waals surface area contributed by atoms with Crippen molar-refractivity contribution in [3.05, 3.63) is 29.8 Å². The maximum atomic E-state index is 13.2. The van der Waals surface area contributed by atoms with Crippen molar-refractivity contribution < 1.29 is 19.4 Å². The lowest BCUT2D eigenvalue weighted by Gasteiger charge is -2.46. The van der Waals surface area contributed by atoms with Crippen LogP contribution in [0, 0.1) is 5.92 Å². The zero-order valence-corrected chi connectivity index (χ0v) is 17.5. The van der Waals surface area contributed by atoms with E-state index in [-0.39, 0.29) is 18.2 Å². The average Bonchev–Trinajstić information content (AvgIpc) is 2.73. The summed E-state index contributed by atoms with van der Waals surface area (Å²) in [7, 11) is 2.14. The van der Waals surface area contributed by atoms with Gasteiger partial charge in [-0.2, -0.15) is 0 Å². The molecule has 3 rings (SSSR count). The van der Waals surface area contributed by atoms with E-state index in [1.807, 2.05) is 36.1 Å². The third kappa shape index (κ3) is 5.48. The van der Waals surface area contributed by atoms with Crippen molar-refractivity contribution in [1.29, 1.82) is 0 Å². The molecule has 29 heavy (non-hydrogen) atoms. The SMILES string of the molecule is CCOc1ccccc1C(=O)N1CC[C@@H](N2CCN(C)CC2)[C@@H](CCC(=O)O)C1. The summed E-state index contributed by atoms with van der Waals surface area (Å²) in [6.07, 6.45) is 1.63. The van der Waals surface area contributed by atoms with E-state index in [2.05, 4.69) is 16.8 Å². The minimum Gasteiger partial charge on any atom is -0.493 e. The standard InChI is InChI=1S/C22H33N3O4/c1-3-29-20-7-5-4-6-18(20)22(28)25-11-10-19(17(16-25)8-9-21(26)27)24-14-12-23(2)13-15-24/h4-7,17,19H,3,8-16H2,1-2H3,(H,26,27)/t17-,19+/m0/s1. The van der Waals surface area contributed by atoms with E-state index in [1.54, 1.807) is 0 Å². The highest BCUT2D eigenvalue weighted by Crippen LogP contribution is 2.29. The molecule has 0 unspecified atom stereocenters. The fourth-order valence-corrected chi connectivity index (χ4v) is 4.53. The molecule has 2 saturated heterocycles. The number of carboxylic acids is 1. The molecule has 2 heterocycles. The van der Waals surface area contributed by atoms with Crippen molar-refractivity contribution in [1.82, 2.24) is 14.7 Å².